The fourth-order valence-electron chi connectivity index (χ4n) is 4.10. The summed E-state index contributed by atoms with van der Waals surface area (Å²) in [7, 11) is -3.59. The van der Waals surface area contributed by atoms with Crippen molar-refractivity contribution in [3.8, 4) is 5.75 Å². The molecule has 0 atom stereocenters. The van der Waals surface area contributed by atoms with Crippen molar-refractivity contribution >= 4 is 32.6 Å². The van der Waals surface area contributed by atoms with Crippen molar-refractivity contribution in [3.63, 3.8) is 0 Å². The van der Waals surface area contributed by atoms with E-state index in [9.17, 15) is 13.2 Å². The summed E-state index contributed by atoms with van der Waals surface area (Å²) < 4.78 is 39.1. The highest BCUT2D eigenvalue weighted by molar-refractivity contribution is 7.89. The number of amides is 1. The lowest BCUT2D eigenvalue weighted by Gasteiger charge is -2.16. The standard InChI is InChI=1S/C26H24N2O5S/c29-26(27-19-9-8-12-21(17-19)34(30,31)28-15-6-7-16-28)25-23(18-32-20-10-2-1-3-11-20)22-13-4-5-14-24(22)33-25/h1-5,8-14,17H,6-7,15-16,18H2,(H,27,29). The molecule has 1 N–H and O–H groups in total. The molecule has 0 radical (unpaired) electrons. The summed E-state index contributed by atoms with van der Waals surface area (Å²) >= 11 is 0. The SMILES string of the molecule is O=C(Nc1cccc(S(=O)(=O)N2CCCC2)c1)c1oc2ccccc2c1COc1ccccc1. The number of benzene rings is 3. The highest BCUT2D eigenvalue weighted by Crippen LogP contribution is 2.29. The van der Waals surface area contributed by atoms with Gasteiger partial charge in [-0.25, -0.2) is 8.42 Å². The van der Waals surface area contributed by atoms with Gasteiger partial charge in [-0.3, -0.25) is 4.79 Å². The minimum absolute atomic E-state index is 0.130. The third-order valence-corrected chi connectivity index (χ3v) is 7.72. The molecule has 174 valence electrons. The van der Waals surface area contributed by atoms with Crippen LogP contribution in [-0.2, 0) is 16.6 Å². The molecule has 7 nitrogen and oxygen atoms in total. The molecular weight excluding hydrogens is 452 g/mol. The van der Waals surface area contributed by atoms with Crippen LogP contribution in [0, 0.1) is 0 Å². The lowest BCUT2D eigenvalue weighted by Crippen LogP contribution is -2.27. The maximum atomic E-state index is 13.2. The number of sulfonamides is 1. The van der Waals surface area contributed by atoms with E-state index in [2.05, 4.69) is 5.32 Å². The normalized spacial score (nSPS) is 14.4. The summed E-state index contributed by atoms with van der Waals surface area (Å²) in [6.07, 6.45) is 1.71. The molecule has 4 aromatic rings. The molecule has 5 rings (SSSR count). The fourth-order valence-corrected chi connectivity index (χ4v) is 5.66. The Hall–Kier alpha value is -3.62. The Labute approximate surface area is 198 Å². The van der Waals surface area contributed by atoms with Crippen molar-refractivity contribution in [1.29, 1.82) is 0 Å². The molecule has 3 aromatic carbocycles. The predicted octanol–water partition coefficient (Wildman–Crippen LogP) is 5.05. The van der Waals surface area contributed by atoms with Crippen molar-refractivity contribution in [2.75, 3.05) is 18.4 Å². The van der Waals surface area contributed by atoms with E-state index in [1.165, 1.54) is 10.4 Å². The maximum Gasteiger partial charge on any atom is 0.291 e. The number of rotatable bonds is 7. The Balaban J connectivity index is 1.42. The summed E-state index contributed by atoms with van der Waals surface area (Å²) in [5, 5.41) is 3.58. The van der Waals surface area contributed by atoms with Gasteiger partial charge in [0.1, 0.15) is 17.9 Å². The number of hydrogen-bond acceptors (Lipinski definition) is 5. The zero-order valence-electron chi connectivity index (χ0n) is 18.4. The third kappa shape index (κ3) is 4.42. The molecule has 1 aromatic heterocycles. The van der Waals surface area contributed by atoms with Gasteiger partial charge in [-0.1, -0.05) is 42.5 Å². The predicted molar refractivity (Wildman–Crippen MR) is 129 cm³/mol. The quantitative estimate of drug-likeness (QED) is 0.403. The van der Waals surface area contributed by atoms with E-state index in [1.54, 1.807) is 24.3 Å². The number of furan rings is 1. The van der Waals surface area contributed by atoms with Gasteiger partial charge in [0, 0.05) is 29.7 Å². The number of hydrogen-bond donors (Lipinski definition) is 1. The number of fused-ring (bicyclic) bond motifs is 1. The number of nitrogens with one attached hydrogen (secondary N) is 1. The first-order valence-corrected chi connectivity index (χ1v) is 12.6. The lowest BCUT2D eigenvalue weighted by molar-refractivity contribution is 0.0995. The van der Waals surface area contributed by atoms with Crippen LogP contribution in [0.1, 0.15) is 29.0 Å². The van der Waals surface area contributed by atoms with Gasteiger partial charge in [0.25, 0.3) is 5.91 Å². The Kier molecular flexibility index (Phi) is 6.08. The van der Waals surface area contributed by atoms with Gasteiger partial charge in [0.15, 0.2) is 5.76 Å². The van der Waals surface area contributed by atoms with Crippen LogP contribution in [0.2, 0.25) is 0 Å². The van der Waals surface area contributed by atoms with E-state index in [-0.39, 0.29) is 17.3 Å². The van der Waals surface area contributed by atoms with Crippen LogP contribution >= 0.6 is 0 Å². The molecule has 0 spiro atoms. The van der Waals surface area contributed by atoms with Gasteiger partial charge in [-0.05, 0) is 49.2 Å². The molecule has 34 heavy (non-hydrogen) atoms. The molecule has 1 aliphatic heterocycles. The van der Waals surface area contributed by atoms with Crippen LogP contribution < -0.4 is 10.1 Å². The summed E-state index contributed by atoms with van der Waals surface area (Å²) in [6, 6.07) is 23.0. The van der Waals surface area contributed by atoms with E-state index in [1.807, 2.05) is 48.5 Å². The second-order valence-electron chi connectivity index (χ2n) is 8.10. The van der Waals surface area contributed by atoms with Crippen molar-refractivity contribution in [3.05, 3.63) is 90.2 Å². The van der Waals surface area contributed by atoms with E-state index in [0.29, 0.717) is 35.7 Å². The van der Waals surface area contributed by atoms with Gasteiger partial charge in [0.05, 0.1) is 4.90 Å². The third-order valence-electron chi connectivity index (χ3n) is 5.83. The summed E-state index contributed by atoms with van der Waals surface area (Å²) in [5.41, 5.74) is 1.57. The highest BCUT2D eigenvalue weighted by atomic mass is 32.2. The van der Waals surface area contributed by atoms with E-state index in [4.69, 9.17) is 9.15 Å². The number of nitrogens with zero attached hydrogens (tertiary/aromatic N) is 1. The molecule has 1 aliphatic rings. The number of anilines is 1. The van der Waals surface area contributed by atoms with Crippen molar-refractivity contribution in [1.82, 2.24) is 4.31 Å². The number of carbonyl (C=O) groups is 1. The maximum absolute atomic E-state index is 13.2. The fraction of sp³-hybridized carbons (Fsp3) is 0.192. The van der Waals surface area contributed by atoms with Crippen molar-refractivity contribution < 1.29 is 22.4 Å². The van der Waals surface area contributed by atoms with E-state index < -0.39 is 15.9 Å². The molecule has 0 saturated carbocycles. The molecule has 2 heterocycles. The first-order chi connectivity index (χ1) is 16.5. The molecule has 1 fully saturated rings. The summed E-state index contributed by atoms with van der Waals surface area (Å²) in [6.45, 7) is 1.18. The second-order valence-corrected chi connectivity index (χ2v) is 10.0. The molecule has 0 bridgehead atoms. The van der Waals surface area contributed by atoms with E-state index >= 15 is 0 Å². The molecule has 8 heteroatoms. The topological polar surface area (TPSA) is 88.9 Å². The molecule has 1 amide bonds. The van der Waals surface area contributed by atoms with Crippen molar-refractivity contribution in [2.45, 2.75) is 24.3 Å². The minimum Gasteiger partial charge on any atom is -0.489 e. The Bertz CT molecular complexity index is 1420. The Morgan fingerprint density at radius 3 is 2.47 bits per heavy atom. The number of carbonyl (C=O) groups excluding carboxylic acids is 1. The van der Waals surface area contributed by atoms with Gasteiger partial charge in [0.2, 0.25) is 10.0 Å². The smallest absolute Gasteiger partial charge is 0.291 e. The zero-order chi connectivity index (χ0) is 23.5. The first kappa shape index (κ1) is 22.2. The average molecular weight is 477 g/mol. The number of para-hydroxylation sites is 2. The molecule has 1 saturated heterocycles. The van der Waals surface area contributed by atoms with Gasteiger partial charge in [-0.15, -0.1) is 0 Å². The van der Waals surface area contributed by atoms with E-state index in [0.717, 1.165) is 18.2 Å². The van der Waals surface area contributed by atoms with Crippen LogP contribution in [0.5, 0.6) is 5.75 Å². The Morgan fingerprint density at radius 1 is 0.941 bits per heavy atom. The van der Waals surface area contributed by atoms with Gasteiger partial charge in [-0.2, -0.15) is 4.31 Å². The Morgan fingerprint density at radius 2 is 1.68 bits per heavy atom. The highest BCUT2D eigenvalue weighted by Gasteiger charge is 2.28. The number of ether oxygens (including phenoxy) is 1. The lowest BCUT2D eigenvalue weighted by atomic mass is 10.1. The monoisotopic (exact) mass is 476 g/mol. The largest absolute Gasteiger partial charge is 0.489 e. The van der Waals surface area contributed by atoms with Crippen LogP contribution in [0.25, 0.3) is 11.0 Å². The summed E-state index contributed by atoms with van der Waals surface area (Å²) in [5.74, 6) is 0.336. The molecular formula is C26H24N2O5S. The van der Waals surface area contributed by atoms with Crippen LogP contribution in [0.15, 0.2) is 88.2 Å². The van der Waals surface area contributed by atoms with Crippen LogP contribution in [-0.4, -0.2) is 31.7 Å². The molecule has 0 unspecified atom stereocenters. The van der Waals surface area contributed by atoms with Crippen molar-refractivity contribution in [2.24, 2.45) is 0 Å². The second kappa shape index (κ2) is 9.32. The molecule has 0 aliphatic carbocycles. The van der Waals surface area contributed by atoms with Crippen LogP contribution in [0.4, 0.5) is 5.69 Å². The van der Waals surface area contributed by atoms with Crippen LogP contribution in [0.3, 0.4) is 0 Å². The zero-order valence-corrected chi connectivity index (χ0v) is 19.3. The van der Waals surface area contributed by atoms with Gasteiger partial charge < -0.3 is 14.5 Å². The average Bonchev–Trinajstić information content (AvgIpc) is 3.53. The first-order valence-electron chi connectivity index (χ1n) is 11.1. The van der Waals surface area contributed by atoms with Gasteiger partial charge >= 0.3 is 0 Å². The summed E-state index contributed by atoms with van der Waals surface area (Å²) in [4.78, 5) is 13.4. The minimum atomic E-state index is -3.59.